The summed E-state index contributed by atoms with van der Waals surface area (Å²) in [5.41, 5.74) is 9.62. The highest BCUT2D eigenvalue weighted by Gasteiger charge is 2.19. The molecule has 0 amide bonds. The van der Waals surface area contributed by atoms with Gasteiger partial charge >= 0.3 is 0 Å². The van der Waals surface area contributed by atoms with Gasteiger partial charge in [-0.2, -0.15) is 5.26 Å². The van der Waals surface area contributed by atoms with E-state index in [2.05, 4.69) is 47.0 Å². The molecule has 0 aliphatic carbocycles. The molecule has 9 rings (SSSR count). The Bertz CT molecular complexity index is 2760. The maximum Gasteiger partial charge on any atom is 0.164 e. The lowest BCUT2D eigenvalue weighted by Crippen LogP contribution is -2.02. The van der Waals surface area contributed by atoms with Gasteiger partial charge in [0.25, 0.3) is 0 Å². The van der Waals surface area contributed by atoms with Gasteiger partial charge in [0, 0.05) is 33.0 Å². The Labute approximate surface area is 299 Å². The van der Waals surface area contributed by atoms with Gasteiger partial charge < -0.3 is 4.57 Å². The summed E-state index contributed by atoms with van der Waals surface area (Å²) in [6.07, 6.45) is 0. The number of nitrogens with zero attached hydrogens (tertiary/aromatic N) is 5. The summed E-state index contributed by atoms with van der Waals surface area (Å²) in [4.78, 5) is 14.9. The lowest BCUT2D eigenvalue weighted by atomic mass is 10.00. The fraction of sp³-hybridized carbons (Fsp3) is 0. The van der Waals surface area contributed by atoms with E-state index >= 15 is 0 Å². The Morgan fingerprint density at radius 1 is 0.442 bits per heavy atom. The molecule has 0 saturated heterocycles. The first-order valence-electron chi connectivity index (χ1n) is 16.9. The molecule has 0 fully saturated rings. The molecule has 6 heteroatoms. The van der Waals surface area contributed by atoms with Crippen LogP contribution in [0.1, 0.15) is 5.56 Å². The first kappa shape index (κ1) is 30.8. The second-order valence-corrected chi connectivity index (χ2v) is 12.6. The van der Waals surface area contributed by atoms with Crippen molar-refractivity contribution in [3.63, 3.8) is 0 Å². The van der Waals surface area contributed by atoms with Crippen LogP contribution in [0.4, 0.5) is 4.39 Å². The normalized spacial score (nSPS) is 11.2. The number of rotatable bonds is 6. The van der Waals surface area contributed by atoms with Crippen molar-refractivity contribution in [2.45, 2.75) is 0 Å². The van der Waals surface area contributed by atoms with E-state index < -0.39 is 0 Å². The van der Waals surface area contributed by atoms with E-state index in [1.54, 1.807) is 12.1 Å². The quantitative estimate of drug-likeness (QED) is 0.177. The molecule has 0 unspecified atom stereocenters. The Hall–Kier alpha value is -7.23. The molecule has 9 aromatic rings. The van der Waals surface area contributed by atoms with E-state index in [-0.39, 0.29) is 5.82 Å². The topological polar surface area (TPSA) is 67.4 Å². The summed E-state index contributed by atoms with van der Waals surface area (Å²) in [5.74, 6) is 1.37. The van der Waals surface area contributed by atoms with Crippen molar-refractivity contribution in [3.8, 4) is 68.2 Å². The molecule has 2 aromatic heterocycles. The Morgan fingerprint density at radius 2 is 1.02 bits per heavy atom. The number of benzene rings is 7. The molecule has 52 heavy (non-hydrogen) atoms. The van der Waals surface area contributed by atoms with Crippen molar-refractivity contribution in [3.05, 3.63) is 181 Å². The predicted molar refractivity (Wildman–Crippen MR) is 206 cm³/mol. The van der Waals surface area contributed by atoms with Gasteiger partial charge in [-0.25, -0.2) is 19.3 Å². The van der Waals surface area contributed by atoms with Gasteiger partial charge in [0.15, 0.2) is 17.5 Å². The summed E-state index contributed by atoms with van der Waals surface area (Å²) >= 11 is 0. The molecule has 0 N–H and O–H groups in total. The Balaban J connectivity index is 1.30. The van der Waals surface area contributed by atoms with Crippen molar-refractivity contribution in [2.24, 2.45) is 0 Å². The minimum atomic E-state index is -0.309. The zero-order chi connectivity index (χ0) is 35.0. The first-order valence-corrected chi connectivity index (χ1v) is 16.9. The van der Waals surface area contributed by atoms with E-state index in [4.69, 9.17) is 15.0 Å². The molecule has 5 nitrogen and oxygen atoms in total. The van der Waals surface area contributed by atoms with Crippen LogP contribution >= 0.6 is 0 Å². The van der Waals surface area contributed by atoms with E-state index in [0.29, 0.717) is 23.0 Å². The number of hydrogen-bond acceptors (Lipinski definition) is 4. The van der Waals surface area contributed by atoms with Crippen LogP contribution < -0.4 is 0 Å². The van der Waals surface area contributed by atoms with Crippen LogP contribution in [-0.4, -0.2) is 19.5 Å². The second kappa shape index (κ2) is 12.9. The lowest BCUT2D eigenvalue weighted by Gasteiger charge is -2.16. The Kier molecular flexibility index (Phi) is 7.64. The van der Waals surface area contributed by atoms with Crippen LogP contribution in [0.25, 0.3) is 83.9 Å². The highest BCUT2D eigenvalue weighted by Crippen LogP contribution is 2.40. The number of fused-ring (bicyclic) bond motifs is 3. The van der Waals surface area contributed by atoms with Crippen molar-refractivity contribution < 1.29 is 4.39 Å². The number of aromatic nitrogens is 4. The zero-order valence-corrected chi connectivity index (χ0v) is 27.8. The number of nitriles is 1. The number of halogens is 1. The molecule has 2 heterocycles. The summed E-state index contributed by atoms with van der Waals surface area (Å²) in [6.45, 7) is 0. The minimum absolute atomic E-state index is 0.309. The van der Waals surface area contributed by atoms with Crippen LogP contribution in [-0.2, 0) is 0 Å². The summed E-state index contributed by atoms with van der Waals surface area (Å²) in [5, 5.41) is 11.7. The highest BCUT2D eigenvalue weighted by molar-refractivity contribution is 6.11. The fourth-order valence-corrected chi connectivity index (χ4v) is 6.87. The van der Waals surface area contributed by atoms with E-state index in [0.717, 1.165) is 66.4 Å². The summed E-state index contributed by atoms with van der Waals surface area (Å²) < 4.78 is 17.0. The van der Waals surface area contributed by atoms with Gasteiger partial charge in [-0.15, -0.1) is 0 Å². The van der Waals surface area contributed by atoms with Crippen LogP contribution in [0.3, 0.4) is 0 Å². The van der Waals surface area contributed by atoms with Crippen LogP contribution in [0.5, 0.6) is 0 Å². The molecule has 0 aliphatic heterocycles. The summed E-state index contributed by atoms with van der Waals surface area (Å²) in [7, 11) is 0. The van der Waals surface area contributed by atoms with Crippen LogP contribution in [0.2, 0.25) is 0 Å². The average Bonchev–Trinajstić information content (AvgIpc) is 3.54. The molecule has 7 aromatic carbocycles. The van der Waals surface area contributed by atoms with E-state index in [9.17, 15) is 9.65 Å². The molecule has 0 aliphatic rings. The third-order valence-corrected chi connectivity index (χ3v) is 9.33. The lowest BCUT2D eigenvalue weighted by molar-refractivity contribution is 0.628. The molecular weight excluding hydrogens is 642 g/mol. The average molecular weight is 670 g/mol. The third kappa shape index (κ3) is 5.57. The number of hydrogen-bond donors (Lipinski definition) is 0. The first-order chi connectivity index (χ1) is 25.6. The SMILES string of the molecule is N#Cc1cccc(-c2ccc3c(c2)c2ccccc2n3-c2cc(-c3nc(-c4ccccc4)nc(-c4ccccc4)n3)ccc2-c2cccc(F)c2)c1. The van der Waals surface area contributed by atoms with E-state index in [1.165, 1.54) is 6.07 Å². The monoisotopic (exact) mass is 669 g/mol. The molecule has 0 bridgehead atoms. The maximum absolute atomic E-state index is 14.8. The molecule has 0 atom stereocenters. The van der Waals surface area contributed by atoms with Crippen molar-refractivity contribution in [1.82, 2.24) is 19.5 Å². The van der Waals surface area contributed by atoms with Crippen LogP contribution in [0, 0.1) is 17.1 Å². The molecular formula is C46H28FN5. The predicted octanol–water partition coefficient (Wildman–Crippen LogP) is 11.3. The smallest absolute Gasteiger partial charge is 0.164 e. The van der Waals surface area contributed by atoms with Gasteiger partial charge in [0.2, 0.25) is 0 Å². The highest BCUT2D eigenvalue weighted by atomic mass is 19.1. The molecule has 0 spiro atoms. The van der Waals surface area contributed by atoms with Crippen molar-refractivity contribution >= 4 is 21.8 Å². The fourth-order valence-electron chi connectivity index (χ4n) is 6.87. The zero-order valence-electron chi connectivity index (χ0n) is 27.8. The summed E-state index contributed by atoms with van der Waals surface area (Å²) in [6, 6.07) is 57.2. The van der Waals surface area contributed by atoms with Gasteiger partial charge in [0.05, 0.1) is 28.4 Å². The maximum atomic E-state index is 14.8. The molecule has 0 saturated carbocycles. The van der Waals surface area contributed by atoms with Gasteiger partial charge in [-0.3, -0.25) is 0 Å². The van der Waals surface area contributed by atoms with Gasteiger partial charge in [-0.1, -0.05) is 121 Å². The standard InChI is InChI=1S/C46H28FN5/c47-37-18-10-17-35(26-37)38-23-21-36(46-50-44(31-12-3-1-4-13-31)49-45(51-46)32-14-5-2-6-15-32)28-43(38)52-41-20-8-7-19-39(41)40-27-34(22-24-42(40)52)33-16-9-11-30(25-33)29-48/h1-28H. The van der Waals surface area contributed by atoms with Crippen molar-refractivity contribution in [1.29, 1.82) is 5.26 Å². The molecule has 244 valence electrons. The van der Waals surface area contributed by atoms with E-state index in [1.807, 2.05) is 115 Å². The second-order valence-electron chi connectivity index (χ2n) is 12.6. The largest absolute Gasteiger partial charge is 0.309 e. The number of para-hydroxylation sites is 1. The van der Waals surface area contributed by atoms with Crippen LogP contribution in [0.15, 0.2) is 170 Å². The minimum Gasteiger partial charge on any atom is -0.309 e. The van der Waals surface area contributed by atoms with Gasteiger partial charge in [0.1, 0.15) is 5.82 Å². The third-order valence-electron chi connectivity index (χ3n) is 9.33. The Morgan fingerprint density at radius 3 is 1.73 bits per heavy atom. The van der Waals surface area contributed by atoms with Gasteiger partial charge in [-0.05, 0) is 65.2 Å². The van der Waals surface area contributed by atoms with Crippen molar-refractivity contribution in [2.75, 3.05) is 0 Å². The molecule has 0 radical (unpaired) electrons.